The number of rotatable bonds is 3. The molecule has 2 aliphatic rings. The van der Waals surface area contributed by atoms with Crippen LogP contribution in [0.3, 0.4) is 0 Å². The molecule has 0 spiro atoms. The summed E-state index contributed by atoms with van der Waals surface area (Å²) >= 11 is 0. The van der Waals surface area contributed by atoms with Gasteiger partial charge in [-0.25, -0.2) is 0 Å². The highest BCUT2D eigenvalue weighted by Crippen LogP contribution is 2.30. The summed E-state index contributed by atoms with van der Waals surface area (Å²) in [7, 11) is 0. The maximum absolute atomic E-state index is 11.7. The first-order chi connectivity index (χ1) is 7.20. The zero-order valence-electron chi connectivity index (χ0n) is 9.09. The van der Waals surface area contributed by atoms with Crippen LogP contribution in [0.2, 0.25) is 0 Å². The van der Waals surface area contributed by atoms with Crippen molar-refractivity contribution in [1.29, 1.82) is 0 Å². The summed E-state index contributed by atoms with van der Waals surface area (Å²) in [5.74, 6) is 0.199. The molecule has 1 saturated carbocycles. The van der Waals surface area contributed by atoms with Gasteiger partial charge in [-0.05, 0) is 38.6 Å². The van der Waals surface area contributed by atoms with Crippen LogP contribution in [0.15, 0.2) is 0 Å². The molecular weight excluding hydrogens is 192 g/mol. The molecule has 0 bridgehead atoms. The number of piperidine rings is 1. The molecule has 1 amide bonds. The van der Waals surface area contributed by atoms with Crippen LogP contribution in [0.4, 0.5) is 0 Å². The molecule has 2 rings (SSSR count). The fourth-order valence-corrected chi connectivity index (χ4v) is 2.23. The van der Waals surface area contributed by atoms with Gasteiger partial charge in [0.15, 0.2) is 0 Å². The van der Waals surface area contributed by atoms with Crippen molar-refractivity contribution in [2.75, 3.05) is 19.6 Å². The van der Waals surface area contributed by atoms with Gasteiger partial charge in [-0.3, -0.25) is 4.79 Å². The Morgan fingerprint density at radius 3 is 2.80 bits per heavy atom. The van der Waals surface area contributed by atoms with E-state index < -0.39 is 5.60 Å². The second-order valence-corrected chi connectivity index (χ2v) is 4.84. The summed E-state index contributed by atoms with van der Waals surface area (Å²) < 4.78 is 0. The first kappa shape index (κ1) is 10.9. The van der Waals surface area contributed by atoms with Crippen molar-refractivity contribution in [3.05, 3.63) is 0 Å². The van der Waals surface area contributed by atoms with Crippen LogP contribution in [0, 0.1) is 5.92 Å². The van der Waals surface area contributed by atoms with Crippen molar-refractivity contribution < 1.29 is 9.90 Å². The van der Waals surface area contributed by atoms with E-state index in [-0.39, 0.29) is 11.8 Å². The Balaban J connectivity index is 1.71. The van der Waals surface area contributed by atoms with Gasteiger partial charge in [0.2, 0.25) is 5.91 Å². The summed E-state index contributed by atoms with van der Waals surface area (Å²) in [5, 5.41) is 15.9. The average Bonchev–Trinajstić information content (AvgIpc) is 2.24. The minimum atomic E-state index is -0.599. The van der Waals surface area contributed by atoms with Gasteiger partial charge in [0, 0.05) is 13.1 Å². The number of hydrogen-bond acceptors (Lipinski definition) is 3. The molecular formula is C11H20N2O2. The second-order valence-electron chi connectivity index (χ2n) is 4.84. The molecule has 1 atom stereocenters. The van der Waals surface area contributed by atoms with Crippen molar-refractivity contribution in [3.63, 3.8) is 0 Å². The standard InChI is InChI=1S/C11H20N2O2/c14-10(9-3-1-6-12-7-9)13-8-11(15)4-2-5-11/h9,12,15H,1-8H2,(H,13,14)/t9-/m1/s1. The largest absolute Gasteiger partial charge is 0.388 e. The Morgan fingerprint density at radius 1 is 1.47 bits per heavy atom. The molecule has 4 nitrogen and oxygen atoms in total. The smallest absolute Gasteiger partial charge is 0.224 e. The zero-order valence-corrected chi connectivity index (χ0v) is 9.09. The van der Waals surface area contributed by atoms with Gasteiger partial charge in [-0.1, -0.05) is 0 Å². The third-order valence-electron chi connectivity index (χ3n) is 3.54. The number of amides is 1. The fraction of sp³-hybridized carbons (Fsp3) is 0.909. The highest BCUT2D eigenvalue weighted by Gasteiger charge is 2.35. The molecule has 0 unspecified atom stereocenters. The number of aliphatic hydroxyl groups is 1. The first-order valence-corrected chi connectivity index (χ1v) is 5.90. The molecule has 0 aromatic heterocycles. The highest BCUT2D eigenvalue weighted by atomic mass is 16.3. The lowest BCUT2D eigenvalue weighted by Crippen LogP contribution is -2.50. The van der Waals surface area contributed by atoms with Gasteiger partial charge in [0.1, 0.15) is 0 Å². The van der Waals surface area contributed by atoms with E-state index in [0.29, 0.717) is 6.54 Å². The monoisotopic (exact) mass is 212 g/mol. The van der Waals surface area contributed by atoms with E-state index in [4.69, 9.17) is 0 Å². The van der Waals surface area contributed by atoms with E-state index >= 15 is 0 Å². The van der Waals surface area contributed by atoms with Gasteiger partial charge in [-0.15, -0.1) is 0 Å². The van der Waals surface area contributed by atoms with Crippen molar-refractivity contribution in [2.45, 2.75) is 37.7 Å². The normalized spacial score (nSPS) is 29.3. The quantitative estimate of drug-likeness (QED) is 0.618. The van der Waals surface area contributed by atoms with E-state index in [2.05, 4.69) is 10.6 Å². The van der Waals surface area contributed by atoms with Gasteiger partial charge in [0.25, 0.3) is 0 Å². The van der Waals surface area contributed by atoms with Crippen molar-refractivity contribution >= 4 is 5.91 Å². The molecule has 1 saturated heterocycles. The number of carbonyl (C=O) groups is 1. The van der Waals surface area contributed by atoms with Crippen molar-refractivity contribution in [3.8, 4) is 0 Å². The van der Waals surface area contributed by atoms with Gasteiger partial charge >= 0.3 is 0 Å². The van der Waals surface area contributed by atoms with Crippen molar-refractivity contribution in [1.82, 2.24) is 10.6 Å². The Bertz CT molecular complexity index is 233. The predicted molar refractivity (Wildman–Crippen MR) is 57.4 cm³/mol. The lowest BCUT2D eigenvalue weighted by molar-refractivity contribution is -0.127. The lowest BCUT2D eigenvalue weighted by atomic mass is 9.80. The summed E-state index contributed by atoms with van der Waals surface area (Å²) in [6, 6.07) is 0. The van der Waals surface area contributed by atoms with E-state index in [9.17, 15) is 9.90 Å². The van der Waals surface area contributed by atoms with Crippen LogP contribution in [-0.4, -0.2) is 36.2 Å². The predicted octanol–water partition coefficient (Wildman–Crippen LogP) is 0.0172. The molecule has 0 aromatic carbocycles. The second kappa shape index (κ2) is 4.49. The molecule has 1 aliphatic heterocycles. The molecule has 4 heteroatoms. The lowest BCUT2D eigenvalue weighted by Gasteiger charge is -2.37. The summed E-state index contributed by atoms with van der Waals surface area (Å²) in [4.78, 5) is 11.7. The minimum absolute atomic E-state index is 0.0995. The van der Waals surface area contributed by atoms with Crippen LogP contribution >= 0.6 is 0 Å². The van der Waals surface area contributed by atoms with Crippen LogP contribution in [0.1, 0.15) is 32.1 Å². The van der Waals surface area contributed by atoms with Crippen molar-refractivity contribution in [2.24, 2.45) is 5.92 Å². The summed E-state index contributed by atoms with van der Waals surface area (Å²) in [6.45, 7) is 2.24. The molecule has 15 heavy (non-hydrogen) atoms. The molecule has 0 aromatic rings. The maximum Gasteiger partial charge on any atom is 0.224 e. The van der Waals surface area contributed by atoms with E-state index in [1.165, 1.54) is 0 Å². The molecule has 1 heterocycles. The van der Waals surface area contributed by atoms with Crippen LogP contribution in [-0.2, 0) is 4.79 Å². The Kier molecular flexibility index (Phi) is 3.26. The summed E-state index contributed by atoms with van der Waals surface area (Å²) in [5.41, 5.74) is -0.599. The topological polar surface area (TPSA) is 61.4 Å². The third kappa shape index (κ3) is 2.69. The number of carbonyl (C=O) groups excluding carboxylic acids is 1. The molecule has 0 radical (unpaired) electrons. The van der Waals surface area contributed by atoms with Crippen LogP contribution < -0.4 is 10.6 Å². The number of nitrogens with one attached hydrogen (secondary N) is 2. The zero-order chi connectivity index (χ0) is 10.7. The molecule has 3 N–H and O–H groups in total. The molecule has 86 valence electrons. The highest BCUT2D eigenvalue weighted by molar-refractivity contribution is 5.79. The SMILES string of the molecule is O=C(NCC1(O)CCC1)[C@@H]1CCCNC1. The Hall–Kier alpha value is -0.610. The van der Waals surface area contributed by atoms with E-state index in [1.807, 2.05) is 0 Å². The summed E-state index contributed by atoms with van der Waals surface area (Å²) in [6.07, 6.45) is 4.78. The molecule has 2 fully saturated rings. The first-order valence-electron chi connectivity index (χ1n) is 5.90. The third-order valence-corrected chi connectivity index (χ3v) is 3.54. The van der Waals surface area contributed by atoms with Gasteiger partial charge in [-0.2, -0.15) is 0 Å². The molecule has 1 aliphatic carbocycles. The Morgan fingerprint density at radius 2 is 2.27 bits per heavy atom. The fourth-order valence-electron chi connectivity index (χ4n) is 2.23. The number of hydrogen-bond donors (Lipinski definition) is 3. The van der Waals surface area contributed by atoms with Crippen LogP contribution in [0.25, 0.3) is 0 Å². The Labute approximate surface area is 90.4 Å². The van der Waals surface area contributed by atoms with Gasteiger partial charge in [0.05, 0.1) is 11.5 Å². The average molecular weight is 212 g/mol. The van der Waals surface area contributed by atoms with Crippen LogP contribution in [0.5, 0.6) is 0 Å². The minimum Gasteiger partial charge on any atom is -0.388 e. The van der Waals surface area contributed by atoms with E-state index in [1.54, 1.807) is 0 Å². The van der Waals surface area contributed by atoms with E-state index in [0.717, 1.165) is 45.2 Å². The maximum atomic E-state index is 11.7. The van der Waals surface area contributed by atoms with Gasteiger partial charge < -0.3 is 15.7 Å².